The van der Waals surface area contributed by atoms with E-state index in [-0.39, 0.29) is 0 Å². The molecule has 2 unspecified atom stereocenters. The van der Waals surface area contributed by atoms with Gasteiger partial charge < -0.3 is 10.1 Å². The van der Waals surface area contributed by atoms with E-state index in [1.165, 1.54) is 10.4 Å². The monoisotopic (exact) mass is 320 g/mol. The van der Waals surface area contributed by atoms with E-state index in [0.717, 1.165) is 32.8 Å². The highest BCUT2D eigenvalue weighted by molar-refractivity contribution is 7.10. The Hall–Kier alpha value is -1.21. The lowest BCUT2D eigenvalue weighted by Crippen LogP contribution is -2.45. The number of ether oxygens (including phenoxy) is 1. The molecule has 2 aromatic rings. The van der Waals surface area contributed by atoms with E-state index in [4.69, 9.17) is 4.74 Å². The molecule has 0 amide bonds. The quantitative estimate of drug-likeness (QED) is 0.884. The Kier molecular flexibility index (Phi) is 5.25. The third-order valence-electron chi connectivity index (χ3n) is 4.01. The SMILES string of the molecule is CC1CN(C(CNCc2cnn(C)c2)c2cccs2)CCO1. The molecule has 2 aromatic heterocycles. The molecular weight excluding hydrogens is 296 g/mol. The summed E-state index contributed by atoms with van der Waals surface area (Å²) in [5.41, 5.74) is 1.22. The number of aryl methyl sites for hydroxylation is 1. The normalized spacial score (nSPS) is 21.1. The van der Waals surface area contributed by atoms with Gasteiger partial charge in [-0.05, 0) is 18.4 Å². The molecule has 1 saturated heterocycles. The third-order valence-corrected chi connectivity index (χ3v) is 4.98. The lowest BCUT2D eigenvalue weighted by atomic mass is 10.1. The zero-order valence-corrected chi connectivity index (χ0v) is 14.1. The van der Waals surface area contributed by atoms with Gasteiger partial charge in [-0.2, -0.15) is 5.10 Å². The minimum absolute atomic E-state index is 0.314. The molecule has 6 heteroatoms. The van der Waals surface area contributed by atoms with E-state index >= 15 is 0 Å². The fraction of sp³-hybridized carbons (Fsp3) is 0.562. The first kappa shape index (κ1) is 15.7. The molecule has 0 aromatic carbocycles. The van der Waals surface area contributed by atoms with Gasteiger partial charge in [0.1, 0.15) is 0 Å². The highest BCUT2D eigenvalue weighted by atomic mass is 32.1. The van der Waals surface area contributed by atoms with Gasteiger partial charge in [0.2, 0.25) is 0 Å². The van der Waals surface area contributed by atoms with Gasteiger partial charge in [0.05, 0.1) is 24.9 Å². The van der Waals surface area contributed by atoms with Gasteiger partial charge in [-0.1, -0.05) is 6.07 Å². The average molecular weight is 320 g/mol. The molecule has 1 aliphatic rings. The number of thiophene rings is 1. The van der Waals surface area contributed by atoms with E-state index in [0.29, 0.717) is 12.1 Å². The molecule has 5 nitrogen and oxygen atoms in total. The van der Waals surface area contributed by atoms with Crippen molar-refractivity contribution < 1.29 is 4.74 Å². The zero-order chi connectivity index (χ0) is 15.4. The summed E-state index contributed by atoms with van der Waals surface area (Å²) in [5.74, 6) is 0. The molecule has 120 valence electrons. The van der Waals surface area contributed by atoms with Crippen molar-refractivity contribution in [3.63, 3.8) is 0 Å². The van der Waals surface area contributed by atoms with Crippen LogP contribution in [0.25, 0.3) is 0 Å². The fourth-order valence-corrected chi connectivity index (χ4v) is 3.80. The van der Waals surface area contributed by atoms with Crippen LogP contribution in [0, 0.1) is 0 Å². The minimum Gasteiger partial charge on any atom is -0.376 e. The predicted molar refractivity (Wildman–Crippen MR) is 89.0 cm³/mol. The van der Waals surface area contributed by atoms with Crippen molar-refractivity contribution in [3.8, 4) is 0 Å². The lowest BCUT2D eigenvalue weighted by Gasteiger charge is -2.37. The van der Waals surface area contributed by atoms with Crippen LogP contribution < -0.4 is 5.32 Å². The van der Waals surface area contributed by atoms with Crippen molar-refractivity contribution in [2.24, 2.45) is 7.05 Å². The maximum Gasteiger partial charge on any atom is 0.0674 e. The van der Waals surface area contributed by atoms with E-state index < -0.39 is 0 Å². The van der Waals surface area contributed by atoms with Crippen LogP contribution in [0.3, 0.4) is 0 Å². The summed E-state index contributed by atoms with van der Waals surface area (Å²) >= 11 is 1.84. The first-order valence-electron chi connectivity index (χ1n) is 7.79. The van der Waals surface area contributed by atoms with Gasteiger partial charge in [0.15, 0.2) is 0 Å². The zero-order valence-electron chi connectivity index (χ0n) is 13.2. The molecule has 0 spiro atoms. The second kappa shape index (κ2) is 7.37. The number of nitrogens with zero attached hydrogens (tertiary/aromatic N) is 3. The summed E-state index contributed by atoms with van der Waals surface area (Å²) in [6, 6.07) is 4.79. The van der Waals surface area contributed by atoms with Crippen molar-refractivity contribution in [2.75, 3.05) is 26.2 Å². The van der Waals surface area contributed by atoms with Gasteiger partial charge in [-0.3, -0.25) is 9.58 Å². The molecule has 1 fully saturated rings. The lowest BCUT2D eigenvalue weighted by molar-refractivity contribution is -0.0339. The van der Waals surface area contributed by atoms with Crippen LogP contribution in [0.2, 0.25) is 0 Å². The standard InChI is InChI=1S/C16H24N4OS/c1-13-11-20(5-6-21-13)15(16-4-3-7-22-16)10-17-8-14-9-18-19(2)12-14/h3-4,7,9,12-13,15,17H,5-6,8,10-11H2,1-2H3. The van der Waals surface area contributed by atoms with Gasteiger partial charge in [-0.15, -0.1) is 11.3 Å². The molecule has 3 heterocycles. The average Bonchev–Trinajstić information content (AvgIpc) is 3.15. The van der Waals surface area contributed by atoms with Crippen LogP contribution >= 0.6 is 11.3 Å². The molecule has 1 N–H and O–H groups in total. The first-order valence-corrected chi connectivity index (χ1v) is 8.67. The summed E-state index contributed by atoms with van der Waals surface area (Å²) in [6.45, 7) is 6.78. The summed E-state index contributed by atoms with van der Waals surface area (Å²) in [4.78, 5) is 3.96. The van der Waals surface area contributed by atoms with E-state index in [2.05, 4.69) is 45.9 Å². The van der Waals surface area contributed by atoms with Gasteiger partial charge in [0.25, 0.3) is 0 Å². The second-order valence-electron chi connectivity index (χ2n) is 5.86. The molecule has 22 heavy (non-hydrogen) atoms. The van der Waals surface area contributed by atoms with Crippen molar-refractivity contribution >= 4 is 11.3 Å². The second-order valence-corrected chi connectivity index (χ2v) is 6.84. The summed E-state index contributed by atoms with van der Waals surface area (Å²) < 4.78 is 7.53. The molecule has 0 bridgehead atoms. The van der Waals surface area contributed by atoms with E-state index in [9.17, 15) is 0 Å². The van der Waals surface area contributed by atoms with Crippen molar-refractivity contribution in [1.82, 2.24) is 20.0 Å². The fourth-order valence-electron chi connectivity index (χ4n) is 2.94. The topological polar surface area (TPSA) is 42.3 Å². The van der Waals surface area contributed by atoms with Crippen molar-refractivity contribution in [2.45, 2.75) is 25.6 Å². The van der Waals surface area contributed by atoms with Gasteiger partial charge >= 0.3 is 0 Å². The van der Waals surface area contributed by atoms with Crippen LogP contribution in [0.4, 0.5) is 0 Å². The molecule has 0 radical (unpaired) electrons. The van der Waals surface area contributed by atoms with Gasteiger partial charge in [-0.25, -0.2) is 0 Å². The Morgan fingerprint density at radius 2 is 2.45 bits per heavy atom. The number of nitrogens with one attached hydrogen (secondary N) is 1. The van der Waals surface area contributed by atoms with Crippen LogP contribution in [0.1, 0.15) is 23.4 Å². The van der Waals surface area contributed by atoms with E-state index in [1.807, 2.05) is 29.3 Å². The number of hydrogen-bond donors (Lipinski definition) is 1. The van der Waals surface area contributed by atoms with Crippen LogP contribution in [0.15, 0.2) is 29.9 Å². The number of hydrogen-bond acceptors (Lipinski definition) is 5. The maximum atomic E-state index is 5.68. The predicted octanol–water partition coefficient (Wildman–Crippen LogP) is 2.03. The first-order chi connectivity index (χ1) is 10.7. The largest absolute Gasteiger partial charge is 0.376 e. The molecule has 0 saturated carbocycles. The Morgan fingerprint density at radius 1 is 1.55 bits per heavy atom. The summed E-state index contributed by atoms with van der Waals surface area (Å²) in [5, 5.41) is 9.96. The van der Waals surface area contributed by atoms with E-state index in [1.54, 1.807) is 0 Å². The Labute approximate surface area is 135 Å². The van der Waals surface area contributed by atoms with Gasteiger partial charge in [0, 0.05) is 49.9 Å². The molecule has 2 atom stereocenters. The van der Waals surface area contributed by atoms with Crippen LogP contribution in [-0.4, -0.2) is 47.0 Å². The van der Waals surface area contributed by atoms with Crippen LogP contribution in [-0.2, 0) is 18.3 Å². The summed E-state index contributed by atoms with van der Waals surface area (Å²) in [7, 11) is 1.95. The molecule has 0 aliphatic carbocycles. The minimum atomic E-state index is 0.314. The Morgan fingerprint density at radius 3 is 3.14 bits per heavy atom. The molecule has 1 aliphatic heterocycles. The highest BCUT2D eigenvalue weighted by Gasteiger charge is 2.25. The van der Waals surface area contributed by atoms with Crippen molar-refractivity contribution in [1.29, 1.82) is 0 Å². The smallest absolute Gasteiger partial charge is 0.0674 e. The number of rotatable bonds is 6. The maximum absolute atomic E-state index is 5.68. The van der Waals surface area contributed by atoms with Crippen LogP contribution in [0.5, 0.6) is 0 Å². The Bertz CT molecular complexity index is 568. The molecule has 3 rings (SSSR count). The summed E-state index contributed by atoms with van der Waals surface area (Å²) in [6.07, 6.45) is 4.29. The molecular formula is C16H24N4OS. The third kappa shape index (κ3) is 3.95. The Balaban J connectivity index is 1.61. The number of aromatic nitrogens is 2. The van der Waals surface area contributed by atoms with Crippen molar-refractivity contribution in [3.05, 3.63) is 40.3 Å². The highest BCUT2D eigenvalue weighted by Crippen LogP contribution is 2.26. The number of morpholine rings is 1.